The Morgan fingerprint density at radius 2 is 2.31 bits per heavy atom. The molecule has 88 valence electrons. The Morgan fingerprint density at radius 3 is 2.81 bits per heavy atom. The van der Waals surface area contributed by atoms with E-state index in [1.165, 1.54) is 11.3 Å². The summed E-state index contributed by atoms with van der Waals surface area (Å²) in [6, 6.07) is 3.77. The molecule has 1 rings (SSSR count). The Kier molecular flexibility index (Phi) is 4.98. The van der Waals surface area contributed by atoms with Gasteiger partial charge in [-0.2, -0.15) is 0 Å². The van der Waals surface area contributed by atoms with Crippen molar-refractivity contribution in [3.05, 3.63) is 22.4 Å². The van der Waals surface area contributed by atoms with Gasteiger partial charge in [0.25, 0.3) is 0 Å². The summed E-state index contributed by atoms with van der Waals surface area (Å²) in [4.78, 5) is 23.2. The number of carbonyl (C=O) groups excluding carboxylic acids is 1. The van der Waals surface area contributed by atoms with E-state index in [0.717, 1.165) is 4.88 Å². The summed E-state index contributed by atoms with van der Waals surface area (Å²) in [5.74, 6) is -2.00. The quantitative estimate of drug-likeness (QED) is 0.774. The molecule has 16 heavy (non-hydrogen) atoms. The molecule has 1 aromatic rings. The molecule has 1 heterocycles. The molecule has 1 atom stereocenters. The second-order valence-electron chi connectivity index (χ2n) is 3.33. The minimum Gasteiger partial charge on any atom is -0.481 e. The first-order valence-electron chi connectivity index (χ1n) is 5.04. The van der Waals surface area contributed by atoms with Crippen LogP contribution in [0.5, 0.6) is 0 Å². The van der Waals surface area contributed by atoms with E-state index in [1.54, 1.807) is 6.92 Å². The highest BCUT2D eigenvalue weighted by atomic mass is 32.1. The smallest absolute Gasteiger partial charge is 0.309 e. The number of esters is 1. The maximum absolute atomic E-state index is 11.5. The van der Waals surface area contributed by atoms with Crippen LogP contribution in [-0.4, -0.2) is 23.7 Å². The van der Waals surface area contributed by atoms with E-state index >= 15 is 0 Å². The number of carbonyl (C=O) groups is 2. The first kappa shape index (κ1) is 12.7. The molecule has 0 amide bonds. The van der Waals surface area contributed by atoms with Crippen molar-refractivity contribution < 1.29 is 19.4 Å². The minimum absolute atomic E-state index is 0.184. The molecule has 1 unspecified atom stereocenters. The van der Waals surface area contributed by atoms with Crippen molar-refractivity contribution in [1.29, 1.82) is 0 Å². The third-order valence-corrected chi connectivity index (χ3v) is 2.97. The summed E-state index contributed by atoms with van der Waals surface area (Å²) in [6.45, 7) is 1.99. The summed E-state index contributed by atoms with van der Waals surface area (Å²) < 4.78 is 4.86. The molecule has 4 nitrogen and oxygen atoms in total. The van der Waals surface area contributed by atoms with Crippen LogP contribution in [0.4, 0.5) is 0 Å². The average Bonchev–Trinajstić information content (AvgIpc) is 2.69. The van der Waals surface area contributed by atoms with Gasteiger partial charge in [-0.25, -0.2) is 0 Å². The highest BCUT2D eigenvalue weighted by Gasteiger charge is 2.23. The molecular weight excluding hydrogens is 228 g/mol. The SMILES string of the molecule is CCOC(=O)C(CC(=O)O)Cc1cccs1. The monoisotopic (exact) mass is 242 g/mol. The number of carboxylic acids is 1. The molecule has 1 aromatic heterocycles. The van der Waals surface area contributed by atoms with Crippen LogP contribution in [0.25, 0.3) is 0 Å². The van der Waals surface area contributed by atoms with Gasteiger partial charge in [-0.3, -0.25) is 9.59 Å². The molecule has 0 aromatic carbocycles. The Hall–Kier alpha value is -1.36. The van der Waals surface area contributed by atoms with Crippen LogP contribution in [0.2, 0.25) is 0 Å². The van der Waals surface area contributed by atoms with Crippen molar-refractivity contribution in [3.8, 4) is 0 Å². The van der Waals surface area contributed by atoms with Gasteiger partial charge in [0.2, 0.25) is 0 Å². The van der Waals surface area contributed by atoms with Crippen LogP contribution in [0.1, 0.15) is 18.2 Å². The van der Waals surface area contributed by atoms with Crippen molar-refractivity contribution in [2.24, 2.45) is 5.92 Å². The lowest BCUT2D eigenvalue weighted by atomic mass is 10.0. The summed E-state index contributed by atoms with van der Waals surface area (Å²) in [7, 11) is 0. The molecule has 0 fully saturated rings. The maximum atomic E-state index is 11.5. The summed E-state index contributed by atoms with van der Waals surface area (Å²) in [5.41, 5.74) is 0. The van der Waals surface area contributed by atoms with Crippen LogP contribution in [-0.2, 0) is 20.7 Å². The van der Waals surface area contributed by atoms with E-state index in [-0.39, 0.29) is 13.0 Å². The van der Waals surface area contributed by atoms with Crippen molar-refractivity contribution in [3.63, 3.8) is 0 Å². The third-order valence-electron chi connectivity index (χ3n) is 2.07. The highest BCUT2D eigenvalue weighted by molar-refractivity contribution is 7.09. The molecular formula is C11H14O4S. The van der Waals surface area contributed by atoms with Gasteiger partial charge in [0, 0.05) is 4.88 Å². The number of carboxylic acid groups (broad SMARTS) is 1. The second kappa shape index (κ2) is 6.27. The molecule has 0 radical (unpaired) electrons. The Balaban J connectivity index is 2.63. The first-order chi connectivity index (χ1) is 7.63. The molecule has 0 aliphatic rings. The molecule has 0 saturated carbocycles. The van der Waals surface area contributed by atoms with E-state index in [0.29, 0.717) is 6.42 Å². The van der Waals surface area contributed by atoms with Crippen LogP contribution >= 0.6 is 11.3 Å². The number of thiophene rings is 1. The minimum atomic E-state index is -0.977. The summed E-state index contributed by atoms with van der Waals surface area (Å²) in [6.07, 6.45) is 0.250. The molecule has 0 spiro atoms. The van der Waals surface area contributed by atoms with E-state index in [2.05, 4.69) is 0 Å². The third kappa shape index (κ3) is 4.02. The van der Waals surface area contributed by atoms with Gasteiger partial charge in [0.05, 0.1) is 18.9 Å². The van der Waals surface area contributed by atoms with Crippen molar-refractivity contribution in [2.75, 3.05) is 6.61 Å². The van der Waals surface area contributed by atoms with E-state index in [1.807, 2.05) is 17.5 Å². The standard InChI is InChI=1S/C11H14O4S/c1-2-15-11(14)8(7-10(12)13)6-9-4-3-5-16-9/h3-5,8H,2,6-7H2,1H3,(H,12,13). The Morgan fingerprint density at radius 1 is 1.56 bits per heavy atom. The van der Waals surface area contributed by atoms with Crippen molar-refractivity contribution >= 4 is 23.3 Å². The number of hydrogen-bond donors (Lipinski definition) is 1. The zero-order chi connectivity index (χ0) is 12.0. The summed E-state index contributed by atoms with van der Waals surface area (Å²) in [5, 5.41) is 10.6. The zero-order valence-electron chi connectivity index (χ0n) is 9.01. The van der Waals surface area contributed by atoms with Crippen LogP contribution in [0, 0.1) is 5.92 Å². The molecule has 0 aliphatic heterocycles. The lowest BCUT2D eigenvalue weighted by Crippen LogP contribution is -2.22. The maximum Gasteiger partial charge on any atom is 0.309 e. The molecule has 0 bridgehead atoms. The first-order valence-corrected chi connectivity index (χ1v) is 5.92. The predicted octanol–water partition coefficient (Wildman–Crippen LogP) is 1.94. The lowest BCUT2D eigenvalue weighted by Gasteiger charge is -2.12. The number of aliphatic carboxylic acids is 1. The van der Waals surface area contributed by atoms with Crippen molar-refractivity contribution in [1.82, 2.24) is 0 Å². The van der Waals surface area contributed by atoms with Gasteiger partial charge in [0.1, 0.15) is 0 Å². The Labute approximate surface area is 97.9 Å². The molecule has 0 aliphatic carbocycles. The summed E-state index contributed by atoms with van der Waals surface area (Å²) >= 11 is 1.51. The van der Waals surface area contributed by atoms with Gasteiger partial charge in [0.15, 0.2) is 0 Å². The van der Waals surface area contributed by atoms with Crippen molar-refractivity contribution in [2.45, 2.75) is 19.8 Å². The van der Waals surface area contributed by atoms with Crippen LogP contribution in [0.3, 0.4) is 0 Å². The number of hydrogen-bond acceptors (Lipinski definition) is 4. The predicted molar refractivity (Wildman–Crippen MR) is 60.4 cm³/mol. The van der Waals surface area contributed by atoms with Gasteiger partial charge >= 0.3 is 11.9 Å². The van der Waals surface area contributed by atoms with Crippen LogP contribution < -0.4 is 0 Å². The number of ether oxygens (including phenoxy) is 1. The number of rotatable bonds is 6. The van der Waals surface area contributed by atoms with Gasteiger partial charge in [-0.1, -0.05) is 6.07 Å². The largest absolute Gasteiger partial charge is 0.481 e. The van der Waals surface area contributed by atoms with Gasteiger partial charge in [-0.15, -0.1) is 11.3 Å². The zero-order valence-corrected chi connectivity index (χ0v) is 9.83. The normalized spacial score (nSPS) is 12.1. The molecule has 1 N–H and O–H groups in total. The lowest BCUT2D eigenvalue weighted by molar-refractivity contribution is -0.152. The fraction of sp³-hybridized carbons (Fsp3) is 0.455. The fourth-order valence-electron chi connectivity index (χ4n) is 1.38. The fourth-order valence-corrected chi connectivity index (χ4v) is 2.17. The van der Waals surface area contributed by atoms with Gasteiger partial charge in [-0.05, 0) is 24.8 Å². The Bertz CT molecular complexity index is 345. The van der Waals surface area contributed by atoms with E-state index < -0.39 is 17.9 Å². The average molecular weight is 242 g/mol. The topological polar surface area (TPSA) is 63.6 Å². The second-order valence-corrected chi connectivity index (χ2v) is 4.36. The molecule has 5 heteroatoms. The highest BCUT2D eigenvalue weighted by Crippen LogP contribution is 2.18. The van der Waals surface area contributed by atoms with E-state index in [4.69, 9.17) is 9.84 Å². The molecule has 0 saturated heterocycles. The van der Waals surface area contributed by atoms with Gasteiger partial charge < -0.3 is 9.84 Å². The van der Waals surface area contributed by atoms with Crippen LogP contribution in [0.15, 0.2) is 17.5 Å². The van der Waals surface area contributed by atoms with E-state index in [9.17, 15) is 9.59 Å².